The molecule has 0 aliphatic carbocycles. The number of rotatable bonds is 6. The molecule has 3 N–H and O–H groups in total. The summed E-state index contributed by atoms with van der Waals surface area (Å²) in [7, 11) is -4.71. The van der Waals surface area contributed by atoms with Crippen molar-refractivity contribution in [1.29, 1.82) is 0 Å². The van der Waals surface area contributed by atoms with Crippen LogP contribution >= 0.6 is 15.9 Å². The van der Waals surface area contributed by atoms with Crippen molar-refractivity contribution in [1.82, 2.24) is 0 Å². The summed E-state index contributed by atoms with van der Waals surface area (Å²) in [6.45, 7) is 0. The highest BCUT2D eigenvalue weighted by Crippen LogP contribution is 2.35. The number of carbonyl (C=O) groups is 1. The van der Waals surface area contributed by atoms with Gasteiger partial charge in [-0.3, -0.25) is 14.8 Å². The number of nitrogens with zero attached hydrogens (tertiary/aromatic N) is 1. The van der Waals surface area contributed by atoms with Crippen LogP contribution in [0.25, 0.3) is 0 Å². The molecule has 0 spiro atoms. The molecule has 0 saturated heterocycles. The van der Waals surface area contributed by atoms with Crippen LogP contribution in [0, 0.1) is 10.1 Å². The second-order valence-electron chi connectivity index (χ2n) is 6.65. The van der Waals surface area contributed by atoms with E-state index in [9.17, 15) is 36.5 Å². The minimum absolute atomic E-state index is 0.00908. The molecule has 0 atom stereocenters. The zero-order valence-corrected chi connectivity index (χ0v) is 19.2. The molecule has 2 amide bonds. The first-order valence-electron chi connectivity index (χ1n) is 9.18. The Bertz CT molecular complexity index is 1370. The van der Waals surface area contributed by atoms with Gasteiger partial charge in [0.25, 0.3) is 15.7 Å². The first-order valence-corrected chi connectivity index (χ1v) is 11.5. The third-order valence-corrected chi connectivity index (χ3v) is 6.42. The zero-order valence-electron chi connectivity index (χ0n) is 16.8. The van der Waals surface area contributed by atoms with Gasteiger partial charge in [0, 0.05) is 10.5 Å². The van der Waals surface area contributed by atoms with Gasteiger partial charge >= 0.3 is 12.2 Å². The summed E-state index contributed by atoms with van der Waals surface area (Å²) in [4.78, 5) is 21.5. The number of benzene rings is 3. The maximum Gasteiger partial charge on any atom is 0.416 e. The number of nitro benzene ring substituents is 1. The number of hydrogen-bond acceptors (Lipinski definition) is 5. The molecule has 178 valence electrons. The molecule has 3 aromatic carbocycles. The van der Waals surface area contributed by atoms with E-state index in [0.717, 1.165) is 0 Å². The predicted molar refractivity (Wildman–Crippen MR) is 122 cm³/mol. The van der Waals surface area contributed by atoms with E-state index in [-0.39, 0.29) is 17.4 Å². The summed E-state index contributed by atoms with van der Waals surface area (Å²) in [6.07, 6.45) is -4.90. The Morgan fingerprint density at radius 3 is 2.06 bits per heavy atom. The summed E-state index contributed by atoms with van der Waals surface area (Å²) in [6, 6.07) is 12.6. The number of nitrogens with one attached hydrogen (secondary N) is 3. The van der Waals surface area contributed by atoms with Crippen molar-refractivity contribution < 1.29 is 31.3 Å². The van der Waals surface area contributed by atoms with E-state index in [1.54, 1.807) is 24.3 Å². The van der Waals surface area contributed by atoms with Gasteiger partial charge in [-0.15, -0.1) is 0 Å². The van der Waals surface area contributed by atoms with Crippen LogP contribution < -0.4 is 15.4 Å². The van der Waals surface area contributed by atoms with Crippen LogP contribution in [0.4, 0.5) is 40.7 Å². The van der Waals surface area contributed by atoms with Crippen molar-refractivity contribution in [2.24, 2.45) is 0 Å². The predicted octanol–water partition coefficient (Wildman–Crippen LogP) is 5.82. The van der Waals surface area contributed by atoms with E-state index in [1.165, 1.54) is 24.3 Å². The van der Waals surface area contributed by atoms with E-state index < -0.39 is 43.3 Å². The fourth-order valence-electron chi connectivity index (χ4n) is 2.78. The summed E-state index contributed by atoms with van der Waals surface area (Å²) >= 11 is 3.27. The Labute approximate surface area is 199 Å². The monoisotopic (exact) mass is 558 g/mol. The number of alkyl halides is 3. The van der Waals surface area contributed by atoms with Crippen LogP contribution in [-0.4, -0.2) is 19.4 Å². The second kappa shape index (κ2) is 9.69. The molecule has 3 aromatic rings. The zero-order chi connectivity index (χ0) is 25.1. The third-order valence-electron chi connectivity index (χ3n) is 4.31. The summed E-state index contributed by atoms with van der Waals surface area (Å²) in [5, 5.41) is 16.3. The molecule has 0 aliphatic rings. The number of urea groups is 1. The Morgan fingerprint density at radius 1 is 0.912 bits per heavy atom. The minimum Gasteiger partial charge on any atom is -0.307 e. The van der Waals surface area contributed by atoms with Gasteiger partial charge in [0.1, 0.15) is 0 Å². The third kappa shape index (κ3) is 5.82. The number of halogens is 4. The molecule has 9 nitrogen and oxygen atoms in total. The smallest absolute Gasteiger partial charge is 0.307 e. The fourth-order valence-corrected chi connectivity index (χ4v) is 4.40. The quantitative estimate of drug-likeness (QED) is 0.259. The lowest BCUT2D eigenvalue weighted by Crippen LogP contribution is -2.22. The standard InChI is InChI=1S/C20H14BrF3N4O5S/c21-13-5-1-2-6-14(13)25-19(29)26-15-7-3-4-8-16(15)27-34(32,33)18-10-9-12(20(22,23)24)11-17(18)28(30)31/h1-11,27H,(H2,25,26,29). The maximum absolute atomic E-state index is 12.9. The Balaban J connectivity index is 1.90. The minimum atomic E-state index is -4.90. The van der Waals surface area contributed by atoms with Crippen LogP contribution in [0.3, 0.4) is 0 Å². The Kier molecular flexibility index (Phi) is 7.12. The fraction of sp³-hybridized carbons (Fsp3) is 0.0500. The SMILES string of the molecule is O=C(Nc1ccccc1Br)Nc1ccccc1NS(=O)(=O)c1ccc(C(F)(F)F)cc1[N+](=O)[O-]. The number of hydrogen-bond donors (Lipinski definition) is 3. The van der Waals surface area contributed by atoms with Crippen molar-refractivity contribution in [2.45, 2.75) is 11.1 Å². The molecule has 14 heteroatoms. The second-order valence-corrected chi connectivity index (χ2v) is 9.15. The normalized spacial score (nSPS) is 11.5. The molecule has 0 aliphatic heterocycles. The first-order chi connectivity index (χ1) is 15.9. The Hall–Kier alpha value is -3.65. The number of nitro groups is 1. The number of anilines is 3. The molecule has 0 aromatic heterocycles. The van der Waals surface area contributed by atoms with Crippen molar-refractivity contribution in [2.75, 3.05) is 15.4 Å². The number of carbonyl (C=O) groups excluding carboxylic acids is 1. The average Bonchev–Trinajstić information content (AvgIpc) is 2.75. The van der Waals surface area contributed by atoms with Crippen LogP contribution in [0.1, 0.15) is 5.56 Å². The molecule has 0 bridgehead atoms. The molecule has 3 rings (SSSR count). The van der Waals surface area contributed by atoms with E-state index in [4.69, 9.17) is 0 Å². The topological polar surface area (TPSA) is 130 Å². The Morgan fingerprint density at radius 2 is 1.47 bits per heavy atom. The maximum atomic E-state index is 12.9. The van der Waals surface area contributed by atoms with Crippen LogP contribution in [0.15, 0.2) is 76.1 Å². The first kappa shape index (κ1) is 25.0. The summed E-state index contributed by atoms with van der Waals surface area (Å²) in [5.74, 6) is 0. The van der Waals surface area contributed by atoms with Gasteiger partial charge in [0.15, 0.2) is 4.90 Å². The summed E-state index contributed by atoms with van der Waals surface area (Å²) in [5.41, 5.74) is -2.37. The van der Waals surface area contributed by atoms with Crippen molar-refractivity contribution in [3.05, 3.63) is 86.9 Å². The van der Waals surface area contributed by atoms with Gasteiger partial charge in [0.2, 0.25) is 0 Å². The van der Waals surface area contributed by atoms with Gasteiger partial charge in [-0.05, 0) is 52.3 Å². The van der Waals surface area contributed by atoms with Crippen molar-refractivity contribution in [3.63, 3.8) is 0 Å². The van der Waals surface area contributed by atoms with Crippen LogP contribution in [-0.2, 0) is 16.2 Å². The van der Waals surface area contributed by atoms with E-state index in [2.05, 4.69) is 31.3 Å². The van der Waals surface area contributed by atoms with Crippen LogP contribution in [0.2, 0.25) is 0 Å². The number of sulfonamides is 1. The molecular formula is C20H14BrF3N4O5S. The van der Waals surface area contributed by atoms with E-state index >= 15 is 0 Å². The summed E-state index contributed by atoms with van der Waals surface area (Å²) < 4.78 is 67.1. The molecule has 0 fully saturated rings. The highest BCUT2D eigenvalue weighted by molar-refractivity contribution is 9.10. The van der Waals surface area contributed by atoms with Gasteiger partial charge in [-0.2, -0.15) is 13.2 Å². The lowest BCUT2D eigenvalue weighted by Gasteiger charge is -2.15. The van der Waals surface area contributed by atoms with Crippen molar-refractivity contribution >= 4 is 54.7 Å². The van der Waals surface area contributed by atoms with E-state index in [1.807, 2.05) is 0 Å². The highest BCUT2D eigenvalue weighted by Gasteiger charge is 2.35. The highest BCUT2D eigenvalue weighted by atomic mass is 79.9. The lowest BCUT2D eigenvalue weighted by atomic mass is 10.2. The largest absolute Gasteiger partial charge is 0.416 e. The average molecular weight is 559 g/mol. The number of para-hydroxylation sites is 3. The molecule has 0 heterocycles. The molecule has 0 radical (unpaired) electrons. The lowest BCUT2D eigenvalue weighted by molar-refractivity contribution is -0.388. The molecule has 0 unspecified atom stereocenters. The van der Waals surface area contributed by atoms with Gasteiger partial charge in [0.05, 0.1) is 27.5 Å². The molecule has 34 heavy (non-hydrogen) atoms. The van der Waals surface area contributed by atoms with Gasteiger partial charge in [-0.1, -0.05) is 24.3 Å². The van der Waals surface area contributed by atoms with Gasteiger partial charge in [-0.25, -0.2) is 13.2 Å². The number of amides is 2. The van der Waals surface area contributed by atoms with E-state index in [0.29, 0.717) is 22.3 Å². The van der Waals surface area contributed by atoms with Gasteiger partial charge < -0.3 is 10.6 Å². The van der Waals surface area contributed by atoms with Crippen LogP contribution in [0.5, 0.6) is 0 Å². The molecule has 0 saturated carbocycles. The molecular weight excluding hydrogens is 545 g/mol. The van der Waals surface area contributed by atoms with Crippen molar-refractivity contribution in [3.8, 4) is 0 Å².